The highest BCUT2D eigenvalue weighted by Gasteiger charge is 2.20. The normalized spacial score (nSPS) is 11.9. The second kappa shape index (κ2) is 5.86. The quantitative estimate of drug-likeness (QED) is 0.500. The molecule has 7 nitrogen and oxygen atoms in total. The van der Waals surface area contributed by atoms with Crippen LogP contribution in [0.25, 0.3) is 32.9 Å². The van der Waals surface area contributed by atoms with Crippen LogP contribution in [-0.2, 0) is 10.0 Å². The van der Waals surface area contributed by atoms with Gasteiger partial charge in [0.15, 0.2) is 10.7 Å². The third kappa shape index (κ3) is 2.92. The SMILES string of the molecule is NC(=O)c1nc(S(N)(=O)=O)cc2c1[nH]c1ccc(-c3ccc(F)cc3)cc12. The molecule has 0 aliphatic rings. The maximum Gasteiger partial charge on any atom is 0.269 e. The first-order chi connectivity index (χ1) is 12.7. The van der Waals surface area contributed by atoms with Gasteiger partial charge >= 0.3 is 0 Å². The van der Waals surface area contributed by atoms with E-state index in [1.54, 1.807) is 24.3 Å². The number of rotatable bonds is 3. The Morgan fingerprint density at radius 2 is 1.67 bits per heavy atom. The summed E-state index contributed by atoms with van der Waals surface area (Å²) in [6, 6.07) is 12.7. The van der Waals surface area contributed by atoms with Gasteiger partial charge < -0.3 is 10.7 Å². The highest BCUT2D eigenvalue weighted by atomic mass is 32.2. The molecule has 1 amide bonds. The van der Waals surface area contributed by atoms with E-state index in [1.165, 1.54) is 18.2 Å². The summed E-state index contributed by atoms with van der Waals surface area (Å²) in [5.74, 6) is -1.22. The number of halogens is 1. The lowest BCUT2D eigenvalue weighted by atomic mass is 10.0. The van der Waals surface area contributed by atoms with Crippen molar-refractivity contribution in [1.82, 2.24) is 9.97 Å². The number of carbonyl (C=O) groups is 1. The molecule has 0 unspecified atom stereocenters. The standard InChI is InChI=1S/C18H13FN4O3S/c19-11-4-1-9(2-5-11)10-3-6-14-12(7-10)13-8-15(27(21,25)26)23-17(18(20)24)16(13)22-14/h1-8,22H,(H2,20,24)(H2,21,25,26). The molecule has 27 heavy (non-hydrogen) atoms. The number of hydrogen-bond donors (Lipinski definition) is 3. The van der Waals surface area contributed by atoms with E-state index in [9.17, 15) is 17.6 Å². The number of benzene rings is 2. The molecule has 0 fully saturated rings. The first-order valence-corrected chi connectivity index (χ1v) is 9.34. The van der Waals surface area contributed by atoms with Gasteiger partial charge in [-0.3, -0.25) is 4.79 Å². The number of primary amides is 1. The van der Waals surface area contributed by atoms with E-state index in [2.05, 4.69) is 9.97 Å². The Bertz CT molecular complexity index is 1330. The van der Waals surface area contributed by atoms with Crippen molar-refractivity contribution in [3.8, 4) is 11.1 Å². The second-order valence-corrected chi connectivity index (χ2v) is 7.54. The molecule has 4 aromatic rings. The number of sulfonamides is 1. The maximum atomic E-state index is 13.2. The van der Waals surface area contributed by atoms with Crippen molar-refractivity contribution in [3.05, 3.63) is 60.0 Å². The Morgan fingerprint density at radius 3 is 2.30 bits per heavy atom. The molecule has 5 N–H and O–H groups in total. The van der Waals surface area contributed by atoms with Crippen LogP contribution in [0, 0.1) is 5.82 Å². The predicted octanol–water partition coefficient (Wildman–Crippen LogP) is 2.27. The van der Waals surface area contributed by atoms with Crippen molar-refractivity contribution in [3.63, 3.8) is 0 Å². The molecule has 0 radical (unpaired) electrons. The molecule has 2 heterocycles. The zero-order valence-electron chi connectivity index (χ0n) is 13.7. The van der Waals surface area contributed by atoms with Crippen molar-refractivity contribution in [2.24, 2.45) is 10.9 Å². The lowest BCUT2D eigenvalue weighted by molar-refractivity contribution is 0.0996. The summed E-state index contributed by atoms with van der Waals surface area (Å²) < 4.78 is 36.7. The molecular weight excluding hydrogens is 371 g/mol. The monoisotopic (exact) mass is 384 g/mol. The van der Waals surface area contributed by atoms with Gasteiger partial charge in [-0.2, -0.15) is 0 Å². The van der Waals surface area contributed by atoms with E-state index in [4.69, 9.17) is 10.9 Å². The van der Waals surface area contributed by atoms with Crippen LogP contribution in [0.2, 0.25) is 0 Å². The molecule has 0 bridgehead atoms. The highest BCUT2D eigenvalue weighted by Crippen LogP contribution is 2.32. The molecule has 9 heteroatoms. The Kier molecular flexibility index (Phi) is 3.72. The minimum Gasteiger partial charge on any atom is -0.364 e. The second-order valence-electron chi connectivity index (χ2n) is 6.03. The van der Waals surface area contributed by atoms with Crippen molar-refractivity contribution in [2.45, 2.75) is 5.03 Å². The van der Waals surface area contributed by atoms with Crippen LogP contribution in [0.3, 0.4) is 0 Å². The smallest absolute Gasteiger partial charge is 0.269 e. The van der Waals surface area contributed by atoms with Crippen LogP contribution in [0.5, 0.6) is 0 Å². The van der Waals surface area contributed by atoms with Crippen molar-refractivity contribution < 1.29 is 17.6 Å². The summed E-state index contributed by atoms with van der Waals surface area (Å²) >= 11 is 0. The molecule has 0 saturated heterocycles. The number of nitrogens with one attached hydrogen (secondary N) is 1. The predicted molar refractivity (Wildman–Crippen MR) is 98.9 cm³/mol. The van der Waals surface area contributed by atoms with Crippen LogP contribution in [0.4, 0.5) is 4.39 Å². The Balaban J connectivity index is 2.05. The maximum absolute atomic E-state index is 13.2. The minimum absolute atomic E-state index is 0.212. The molecule has 0 aliphatic carbocycles. The van der Waals surface area contributed by atoms with Crippen molar-refractivity contribution in [1.29, 1.82) is 0 Å². The molecule has 0 saturated carbocycles. The summed E-state index contributed by atoms with van der Waals surface area (Å²) in [6.45, 7) is 0. The van der Waals surface area contributed by atoms with Gasteiger partial charge in [-0.1, -0.05) is 18.2 Å². The number of primary sulfonamides is 1. The summed E-state index contributed by atoms with van der Waals surface area (Å²) in [7, 11) is -4.14. The topological polar surface area (TPSA) is 132 Å². The molecule has 0 spiro atoms. The van der Waals surface area contributed by atoms with Crippen LogP contribution in [0.15, 0.2) is 53.6 Å². The van der Waals surface area contributed by atoms with Gasteiger partial charge in [-0.25, -0.2) is 22.9 Å². The molecule has 0 atom stereocenters. The fraction of sp³-hybridized carbons (Fsp3) is 0. The molecule has 136 valence electrons. The zero-order valence-corrected chi connectivity index (χ0v) is 14.5. The number of aromatic amines is 1. The number of fused-ring (bicyclic) bond motifs is 3. The van der Waals surface area contributed by atoms with E-state index < -0.39 is 21.0 Å². The van der Waals surface area contributed by atoms with Crippen LogP contribution < -0.4 is 10.9 Å². The van der Waals surface area contributed by atoms with E-state index in [0.29, 0.717) is 21.8 Å². The number of amides is 1. The molecule has 2 aromatic heterocycles. The Labute approximate surface area is 152 Å². The van der Waals surface area contributed by atoms with Gasteiger partial charge in [0.1, 0.15) is 5.82 Å². The van der Waals surface area contributed by atoms with Crippen LogP contribution >= 0.6 is 0 Å². The fourth-order valence-corrected chi connectivity index (χ4v) is 3.52. The molecule has 2 aromatic carbocycles. The number of H-pyrrole nitrogens is 1. The number of hydrogen-bond acceptors (Lipinski definition) is 4. The third-order valence-corrected chi connectivity index (χ3v) is 5.06. The minimum atomic E-state index is -4.14. The largest absolute Gasteiger partial charge is 0.364 e. The van der Waals surface area contributed by atoms with E-state index in [1.807, 2.05) is 6.07 Å². The molecular formula is C18H13FN4O3S. The summed E-state index contributed by atoms with van der Waals surface area (Å²) in [5.41, 5.74) is 7.69. The Morgan fingerprint density at radius 1 is 1.00 bits per heavy atom. The van der Waals surface area contributed by atoms with Gasteiger partial charge in [0, 0.05) is 16.3 Å². The average Bonchev–Trinajstić information content (AvgIpc) is 2.98. The van der Waals surface area contributed by atoms with E-state index in [0.717, 1.165) is 11.1 Å². The lowest BCUT2D eigenvalue weighted by Crippen LogP contribution is -2.19. The van der Waals surface area contributed by atoms with E-state index in [-0.39, 0.29) is 11.5 Å². The number of aromatic nitrogens is 2. The fourth-order valence-electron chi connectivity index (χ4n) is 3.02. The average molecular weight is 384 g/mol. The van der Waals surface area contributed by atoms with Gasteiger partial charge in [0.2, 0.25) is 0 Å². The van der Waals surface area contributed by atoms with Gasteiger partial charge in [-0.15, -0.1) is 0 Å². The van der Waals surface area contributed by atoms with Gasteiger partial charge in [0.25, 0.3) is 15.9 Å². The summed E-state index contributed by atoms with van der Waals surface area (Å²) in [6.07, 6.45) is 0. The summed E-state index contributed by atoms with van der Waals surface area (Å²) in [5, 5.41) is 5.83. The molecule has 0 aliphatic heterocycles. The first-order valence-electron chi connectivity index (χ1n) is 7.79. The van der Waals surface area contributed by atoms with Crippen LogP contribution in [0.1, 0.15) is 10.5 Å². The number of nitrogens with zero attached hydrogens (tertiary/aromatic N) is 1. The van der Waals surface area contributed by atoms with Gasteiger partial charge in [0.05, 0.1) is 5.52 Å². The van der Waals surface area contributed by atoms with Crippen molar-refractivity contribution in [2.75, 3.05) is 0 Å². The molecule has 4 rings (SSSR count). The lowest BCUT2D eigenvalue weighted by Gasteiger charge is -2.04. The number of pyridine rings is 1. The van der Waals surface area contributed by atoms with E-state index >= 15 is 0 Å². The zero-order chi connectivity index (χ0) is 19.3. The number of nitrogens with two attached hydrogens (primary N) is 2. The van der Waals surface area contributed by atoms with Crippen LogP contribution in [-0.4, -0.2) is 24.3 Å². The van der Waals surface area contributed by atoms with Gasteiger partial charge in [-0.05, 0) is 41.5 Å². The van der Waals surface area contributed by atoms with Crippen molar-refractivity contribution >= 4 is 37.7 Å². The first kappa shape index (κ1) is 17.1. The number of carbonyl (C=O) groups excluding carboxylic acids is 1. The summed E-state index contributed by atoms with van der Waals surface area (Å²) in [4.78, 5) is 18.6. The highest BCUT2D eigenvalue weighted by molar-refractivity contribution is 7.89. The third-order valence-electron chi connectivity index (χ3n) is 4.27. The Hall–Kier alpha value is -3.30.